The Morgan fingerprint density at radius 2 is 2.04 bits per heavy atom. The molecule has 0 saturated carbocycles. The van der Waals surface area contributed by atoms with Crippen molar-refractivity contribution in [1.82, 2.24) is 19.9 Å². The third-order valence-electron chi connectivity index (χ3n) is 3.67. The van der Waals surface area contributed by atoms with Crippen LogP contribution in [0.5, 0.6) is 0 Å². The van der Waals surface area contributed by atoms with E-state index in [0.717, 1.165) is 12.8 Å². The molecule has 0 aliphatic rings. The molecule has 24 heavy (non-hydrogen) atoms. The number of imidazole rings is 1. The number of aromatic nitrogens is 4. The summed E-state index contributed by atoms with van der Waals surface area (Å²) in [6, 6.07) is 3.62. The first-order valence-corrected chi connectivity index (χ1v) is 8.61. The van der Waals surface area contributed by atoms with Crippen LogP contribution in [0.4, 0.5) is 0 Å². The molecule has 0 aromatic carbocycles. The summed E-state index contributed by atoms with van der Waals surface area (Å²) in [5, 5.41) is 0.317. The molecule has 1 N–H and O–H groups in total. The fourth-order valence-electron chi connectivity index (χ4n) is 2.41. The van der Waals surface area contributed by atoms with Gasteiger partial charge in [-0.1, -0.05) is 50.1 Å². The van der Waals surface area contributed by atoms with Crippen LogP contribution in [0, 0.1) is 11.8 Å². The maximum Gasteiger partial charge on any atom is 0.208 e. The first-order chi connectivity index (χ1) is 11.8. The van der Waals surface area contributed by atoms with E-state index in [0.29, 0.717) is 33.7 Å². The highest BCUT2D eigenvalue weighted by atomic mass is 35.5. The van der Waals surface area contributed by atoms with Gasteiger partial charge < -0.3 is 9.40 Å². The number of nitrogens with one attached hydrogen (secondary N) is 1. The van der Waals surface area contributed by atoms with E-state index >= 15 is 0 Å². The Hall–Kier alpha value is -2.32. The number of halogens is 1. The molecule has 3 heterocycles. The Morgan fingerprint density at radius 1 is 1.17 bits per heavy atom. The lowest BCUT2D eigenvalue weighted by Crippen LogP contribution is -1.91. The van der Waals surface area contributed by atoms with Crippen LogP contribution in [0.2, 0.25) is 5.15 Å². The zero-order valence-electron chi connectivity index (χ0n) is 13.6. The van der Waals surface area contributed by atoms with Crippen molar-refractivity contribution in [2.45, 2.75) is 45.4 Å². The fraction of sp³-hybridized carbons (Fsp3) is 0.389. The summed E-state index contributed by atoms with van der Waals surface area (Å²) in [5.74, 6) is 7.70. The lowest BCUT2D eigenvalue weighted by Gasteiger charge is -1.95. The molecule has 0 amide bonds. The summed E-state index contributed by atoms with van der Waals surface area (Å²) in [6.45, 7) is 2.21. The number of rotatable bonds is 6. The molecular formula is C18H19ClN4O. The van der Waals surface area contributed by atoms with Crippen molar-refractivity contribution in [3.63, 3.8) is 0 Å². The van der Waals surface area contributed by atoms with Gasteiger partial charge in [-0.15, -0.1) is 0 Å². The molecular weight excluding hydrogens is 324 g/mol. The van der Waals surface area contributed by atoms with E-state index in [-0.39, 0.29) is 0 Å². The third-order valence-corrected chi connectivity index (χ3v) is 3.94. The molecule has 0 radical (unpaired) electrons. The van der Waals surface area contributed by atoms with Gasteiger partial charge in [0.15, 0.2) is 22.4 Å². The van der Waals surface area contributed by atoms with Crippen LogP contribution < -0.4 is 0 Å². The zero-order valence-corrected chi connectivity index (χ0v) is 14.4. The van der Waals surface area contributed by atoms with Crippen molar-refractivity contribution in [2.75, 3.05) is 0 Å². The minimum Gasteiger partial charge on any atom is -0.461 e. The summed E-state index contributed by atoms with van der Waals surface area (Å²) in [6.07, 6.45) is 8.58. The highest BCUT2D eigenvalue weighted by Gasteiger charge is 2.13. The summed E-state index contributed by atoms with van der Waals surface area (Å²) in [4.78, 5) is 16.1. The average Bonchev–Trinajstić information content (AvgIpc) is 3.23. The van der Waals surface area contributed by atoms with Crippen LogP contribution in [-0.2, 0) is 0 Å². The van der Waals surface area contributed by atoms with E-state index in [2.05, 4.69) is 38.7 Å². The maximum atomic E-state index is 6.21. The number of aromatic amines is 1. The molecule has 0 aliphatic heterocycles. The standard InChI is InChI=1S/C18H19ClN4O/c1-2-3-4-5-6-7-8-11-14-20-16(19)15-18(21-14)23-17(22-15)13-10-9-12-24-13/h9-10,12H,2-7H2,1H3,(H,20,21,22,23). The van der Waals surface area contributed by atoms with Crippen LogP contribution in [-0.4, -0.2) is 19.9 Å². The number of nitrogens with zero attached hydrogens (tertiary/aromatic N) is 3. The molecule has 0 saturated heterocycles. The number of fused-ring (bicyclic) bond motifs is 1. The van der Waals surface area contributed by atoms with Gasteiger partial charge >= 0.3 is 0 Å². The molecule has 3 aromatic rings. The first kappa shape index (κ1) is 16.5. The van der Waals surface area contributed by atoms with E-state index in [1.807, 2.05) is 6.07 Å². The lowest BCUT2D eigenvalue weighted by atomic mass is 10.1. The predicted octanol–water partition coefficient (Wildman–Crippen LogP) is 4.98. The Bertz CT molecular complexity index is 858. The quantitative estimate of drug-likeness (QED) is 0.390. The molecule has 0 atom stereocenters. The third kappa shape index (κ3) is 3.95. The van der Waals surface area contributed by atoms with Crippen molar-refractivity contribution in [3.8, 4) is 23.4 Å². The largest absolute Gasteiger partial charge is 0.461 e. The lowest BCUT2D eigenvalue weighted by molar-refractivity contribution is 0.578. The van der Waals surface area contributed by atoms with Crippen molar-refractivity contribution >= 4 is 22.8 Å². The number of unbranched alkanes of at least 4 members (excludes halogenated alkanes) is 5. The molecule has 0 aliphatic carbocycles. The van der Waals surface area contributed by atoms with Gasteiger partial charge in [0, 0.05) is 6.42 Å². The molecule has 0 bridgehead atoms. The maximum absolute atomic E-state index is 6.21. The number of H-pyrrole nitrogens is 1. The van der Waals surface area contributed by atoms with Crippen LogP contribution in [0.25, 0.3) is 22.7 Å². The second-order valence-corrected chi connectivity index (χ2v) is 5.92. The topological polar surface area (TPSA) is 67.6 Å². The van der Waals surface area contributed by atoms with Gasteiger partial charge in [-0.05, 0) is 24.5 Å². The summed E-state index contributed by atoms with van der Waals surface area (Å²) < 4.78 is 5.33. The summed E-state index contributed by atoms with van der Waals surface area (Å²) in [5.41, 5.74) is 1.09. The van der Waals surface area contributed by atoms with Crippen LogP contribution in [0.3, 0.4) is 0 Å². The van der Waals surface area contributed by atoms with Crippen molar-refractivity contribution < 1.29 is 4.42 Å². The number of furan rings is 1. The highest BCUT2D eigenvalue weighted by Crippen LogP contribution is 2.23. The Labute approximate surface area is 145 Å². The summed E-state index contributed by atoms with van der Waals surface area (Å²) >= 11 is 6.21. The second kappa shape index (κ2) is 7.98. The van der Waals surface area contributed by atoms with Gasteiger partial charge in [0.05, 0.1) is 6.26 Å². The van der Waals surface area contributed by atoms with Crippen molar-refractivity contribution in [1.29, 1.82) is 0 Å². The van der Waals surface area contributed by atoms with E-state index in [4.69, 9.17) is 16.0 Å². The molecule has 3 aromatic heterocycles. The zero-order chi connectivity index (χ0) is 16.8. The molecule has 0 fully saturated rings. The molecule has 0 spiro atoms. The van der Waals surface area contributed by atoms with Crippen LogP contribution in [0.1, 0.15) is 51.3 Å². The smallest absolute Gasteiger partial charge is 0.208 e. The molecule has 3 rings (SSSR count). The monoisotopic (exact) mass is 342 g/mol. The van der Waals surface area contributed by atoms with Gasteiger partial charge in [0.2, 0.25) is 5.82 Å². The number of hydrogen-bond acceptors (Lipinski definition) is 4. The molecule has 6 heteroatoms. The molecule has 5 nitrogen and oxygen atoms in total. The highest BCUT2D eigenvalue weighted by molar-refractivity contribution is 6.33. The van der Waals surface area contributed by atoms with Gasteiger partial charge in [0.25, 0.3) is 0 Å². The minimum atomic E-state index is 0.317. The molecule has 0 unspecified atom stereocenters. The van der Waals surface area contributed by atoms with Crippen molar-refractivity contribution in [3.05, 3.63) is 29.4 Å². The predicted molar refractivity (Wildman–Crippen MR) is 94.6 cm³/mol. The fourth-order valence-corrected chi connectivity index (χ4v) is 2.62. The Kier molecular flexibility index (Phi) is 5.50. The second-order valence-electron chi connectivity index (χ2n) is 5.57. The van der Waals surface area contributed by atoms with Gasteiger partial charge in [-0.2, -0.15) is 4.98 Å². The van der Waals surface area contributed by atoms with Crippen LogP contribution >= 0.6 is 11.6 Å². The normalized spacial score (nSPS) is 10.8. The molecule has 124 valence electrons. The number of hydrogen-bond donors (Lipinski definition) is 1. The van der Waals surface area contributed by atoms with E-state index < -0.39 is 0 Å². The SMILES string of the molecule is CCCCCCCC#Cc1nc(Cl)c2[nH]c(-c3ccco3)nc2n1. The minimum absolute atomic E-state index is 0.317. The Balaban J connectivity index is 1.71. The van der Waals surface area contributed by atoms with E-state index in [1.54, 1.807) is 12.3 Å². The van der Waals surface area contributed by atoms with Gasteiger partial charge in [-0.3, -0.25) is 0 Å². The van der Waals surface area contributed by atoms with E-state index in [9.17, 15) is 0 Å². The summed E-state index contributed by atoms with van der Waals surface area (Å²) in [7, 11) is 0. The van der Waals surface area contributed by atoms with Crippen LogP contribution in [0.15, 0.2) is 22.8 Å². The first-order valence-electron chi connectivity index (χ1n) is 8.24. The average molecular weight is 343 g/mol. The van der Waals surface area contributed by atoms with Gasteiger partial charge in [0.1, 0.15) is 5.52 Å². The Morgan fingerprint density at radius 3 is 2.83 bits per heavy atom. The van der Waals surface area contributed by atoms with Crippen molar-refractivity contribution in [2.24, 2.45) is 0 Å². The van der Waals surface area contributed by atoms with Gasteiger partial charge in [-0.25, -0.2) is 9.97 Å². The van der Waals surface area contributed by atoms with E-state index in [1.165, 1.54) is 25.7 Å².